The number of urea groups is 1. The Bertz CT molecular complexity index is 731. The lowest BCUT2D eigenvalue weighted by Crippen LogP contribution is -2.45. The summed E-state index contributed by atoms with van der Waals surface area (Å²) in [6, 6.07) is 3.31. The standard InChI is InChI=1S/C17H24ClN5O2/c1-3-7-19-16(24)12-22(8-4-2)17(25)20-9-14-11-23-10-13(18)5-6-15(23)21-14/h5-6,10-11H,3-4,7-9,12H2,1-2H3,(H,19,24)(H,20,25). The van der Waals surface area contributed by atoms with Crippen molar-refractivity contribution in [2.24, 2.45) is 0 Å². The van der Waals surface area contributed by atoms with Gasteiger partial charge in [0, 0.05) is 25.5 Å². The van der Waals surface area contributed by atoms with Crippen molar-refractivity contribution in [2.75, 3.05) is 19.6 Å². The third-order valence-corrected chi connectivity index (χ3v) is 3.80. The van der Waals surface area contributed by atoms with Crippen LogP contribution < -0.4 is 10.6 Å². The highest BCUT2D eigenvalue weighted by Crippen LogP contribution is 2.11. The van der Waals surface area contributed by atoms with E-state index in [0.717, 1.165) is 24.2 Å². The second-order valence-electron chi connectivity index (χ2n) is 5.78. The van der Waals surface area contributed by atoms with E-state index in [9.17, 15) is 9.59 Å². The lowest BCUT2D eigenvalue weighted by atomic mass is 10.4. The topological polar surface area (TPSA) is 78.7 Å². The van der Waals surface area contributed by atoms with Gasteiger partial charge in [-0.1, -0.05) is 25.4 Å². The molecular formula is C17H24ClN5O2. The van der Waals surface area contributed by atoms with E-state index in [0.29, 0.717) is 18.1 Å². The van der Waals surface area contributed by atoms with Crippen LogP contribution in [0.2, 0.25) is 5.02 Å². The van der Waals surface area contributed by atoms with Crippen LogP contribution in [0.4, 0.5) is 4.79 Å². The fourth-order valence-electron chi connectivity index (χ4n) is 2.40. The zero-order valence-corrected chi connectivity index (χ0v) is 15.3. The van der Waals surface area contributed by atoms with Crippen LogP contribution in [0.1, 0.15) is 32.4 Å². The highest BCUT2D eigenvalue weighted by molar-refractivity contribution is 6.30. The molecule has 0 fully saturated rings. The van der Waals surface area contributed by atoms with Crippen molar-refractivity contribution in [3.05, 3.63) is 35.2 Å². The van der Waals surface area contributed by atoms with E-state index in [1.54, 1.807) is 12.3 Å². The molecule has 2 rings (SSSR count). The first-order valence-electron chi connectivity index (χ1n) is 8.46. The number of aromatic nitrogens is 2. The molecule has 2 N–H and O–H groups in total. The minimum atomic E-state index is -0.274. The smallest absolute Gasteiger partial charge is 0.318 e. The number of halogens is 1. The molecule has 0 saturated heterocycles. The van der Waals surface area contributed by atoms with Gasteiger partial charge in [-0.25, -0.2) is 9.78 Å². The molecule has 0 unspecified atom stereocenters. The summed E-state index contributed by atoms with van der Waals surface area (Å²) < 4.78 is 1.81. The maximum atomic E-state index is 12.4. The number of hydrogen-bond acceptors (Lipinski definition) is 3. The summed E-state index contributed by atoms with van der Waals surface area (Å²) in [5.41, 5.74) is 1.49. The van der Waals surface area contributed by atoms with Gasteiger partial charge >= 0.3 is 6.03 Å². The zero-order valence-electron chi connectivity index (χ0n) is 14.6. The molecule has 0 aromatic carbocycles. The average Bonchev–Trinajstić information content (AvgIpc) is 2.99. The Balaban J connectivity index is 1.93. The molecule has 8 heteroatoms. The van der Waals surface area contributed by atoms with Crippen molar-refractivity contribution in [1.29, 1.82) is 0 Å². The van der Waals surface area contributed by atoms with E-state index in [4.69, 9.17) is 11.6 Å². The maximum absolute atomic E-state index is 12.4. The number of fused-ring (bicyclic) bond motifs is 1. The summed E-state index contributed by atoms with van der Waals surface area (Å²) in [6.07, 6.45) is 5.22. The molecule has 2 heterocycles. The van der Waals surface area contributed by atoms with Crippen molar-refractivity contribution in [1.82, 2.24) is 24.9 Å². The van der Waals surface area contributed by atoms with Crippen LogP contribution in [0.3, 0.4) is 0 Å². The molecule has 0 aliphatic carbocycles. The second-order valence-corrected chi connectivity index (χ2v) is 6.21. The number of amides is 3. The highest BCUT2D eigenvalue weighted by atomic mass is 35.5. The van der Waals surface area contributed by atoms with E-state index >= 15 is 0 Å². The Morgan fingerprint density at radius 2 is 2.00 bits per heavy atom. The number of hydrogen-bond donors (Lipinski definition) is 2. The Kier molecular flexibility index (Phi) is 7.06. The molecule has 0 atom stereocenters. The Morgan fingerprint density at radius 3 is 2.72 bits per heavy atom. The highest BCUT2D eigenvalue weighted by Gasteiger charge is 2.16. The minimum Gasteiger partial charge on any atom is -0.355 e. The van der Waals surface area contributed by atoms with Gasteiger partial charge in [0.25, 0.3) is 0 Å². The van der Waals surface area contributed by atoms with Gasteiger partial charge in [-0.2, -0.15) is 0 Å². The summed E-state index contributed by atoms with van der Waals surface area (Å²) in [6.45, 7) is 5.43. The van der Waals surface area contributed by atoms with Gasteiger partial charge in [0.15, 0.2) is 0 Å². The molecule has 0 aliphatic rings. The summed E-state index contributed by atoms with van der Waals surface area (Å²) in [4.78, 5) is 30.2. The largest absolute Gasteiger partial charge is 0.355 e. The SMILES string of the molecule is CCCNC(=O)CN(CCC)C(=O)NCc1cn2cc(Cl)ccc2n1. The Hall–Kier alpha value is -2.28. The summed E-state index contributed by atoms with van der Waals surface area (Å²) in [5.74, 6) is -0.146. The molecule has 25 heavy (non-hydrogen) atoms. The molecule has 3 amide bonds. The van der Waals surface area contributed by atoms with Gasteiger partial charge in [0.2, 0.25) is 5.91 Å². The van der Waals surface area contributed by atoms with Crippen LogP contribution in [0, 0.1) is 0 Å². The third-order valence-electron chi connectivity index (χ3n) is 3.57. The first-order chi connectivity index (χ1) is 12.0. The van der Waals surface area contributed by atoms with Crippen LogP contribution in [-0.4, -0.2) is 45.9 Å². The van der Waals surface area contributed by atoms with Gasteiger partial charge in [-0.05, 0) is 25.0 Å². The molecule has 0 radical (unpaired) electrons. The van der Waals surface area contributed by atoms with Crippen molar-refractivity contribution >= 4 is 29.2 Å². The van der Waals surface area contributed by atoms with Gasteiger partial charge in [-0.15, -0.1) is 0 Å². The zero-order chi connectivity index (χ0) is 18.2. The van der Waals surface area contributed by atoms with Gasteiger partial charge in [0.05, 0.1) is 17.3 Å². The molecular weight excluding hydrogens is 342 g/mol. The molecule has 2 aromatic heterocycles. The van der Waals surface area contributed by atoms with Crippen molar-refractivity contribution in [3.8, 4) is 0 Å². The van der Waals surface area contributed by atoms with Crippen LogP contribution in [-0.2, 0) is 11.3 Å². The van der Waals surface area contributed by atoms with Crippen molar-refractivity contribution in [2.45, 2.75) is 33.2 Å². The number of carbonyl (C=O) groups is 2. The molecule has 0 bridgehead atoms. The van der Waals surface area contributed by atoms with Gasteiger partial charge in [-0.3, -0.25) is 4.79 Å². The molecule has 7 nitrogen and oxygen atoms in total. The quantitative estimate of drug-likeness (QED) is 0.754. The summed E-state index contributed by atoms with van der Waals surface area (Å²) in [7, 11) is 0. The molecule has 0 spiro atoms. The molecule has 0 saturated carbocycles. The maximum Gasteiger partial charge on any atom is 0.318 e. The minimum absolute atomic E-state index is 0.0560. The third kappa shape index (κ3) is 5.63. The van der Waals surface area contributed by atoms with Crippen molar-refractivity contribution in [3.63, 3.8) is 0 Å². The number of pyridine rings is 1. The van der Waals surface area contributed by atoms with Crippen LogP contribution in [0.25, 0.3) is 5.65 Å². The fraction of sp³-hybridized carbons (Fsp3) is 0.471. The van der Waals surface area contributed by atoms with E-state index in [-0.39, 0.29) is 25.0 Å². The average molecular weight is 366 g/mol. The lowest BCUT2D eigenvalue weighted by Gasteiger charge is -2.21. The predicted octanol–water partition coefficient (Wildman–Crippen LogP) is 2.44. The van der Waals surface area contributed by atoms with Crippen LogP contribution in [0.5, 0.6) is 0 Å². The monoisotopic (exact) mass is 365 g/mol. The first kappa shape index (κ1) is 19.1. The van der Waals surface area contributed by atoms with Gasteiger partial charge < -0.3 is 19.9 Å². The number of carbonyl (C=O) groups excluding carboxylic acids is 2. The molecule has 0 aliphatic heterocycles. The second kappa shape index (κ2) is 9.27. The fourth-order valence-corrected chi connectivity index (χ4v) is 2.56. The van der Waals surface area contributed by atoms with Crippen LogP contribution in [0.15, 0.2) is 24.5 Å². The Morgan fingerprint density at radius 1 is 1.20 bits per heavy atom. The number of imidazole rings is 1. The summed E-state index contributed by atoms with van der Waals surface area (Å²) >= 11 is 5.95. The van der Waals surface area contributed by atoms with E-state index < -0.39 is 0 Å². The van der Waals surface area contributed by atoms with E-state index in [1.165, 1.54) is 4.90 Å². The molecule has 136 valence electrons. The van der Waals surface area contributed by atoms with E-state index in [2.05, 4.69) is 15.6 Å². The van der Waals surface area contributed by atoms with E-state index in [1.807, 2.05) is 30.5 Å². The number of rotatable bonds is 8. The number of nitrogens with zero attached hydrogens (tertiary/aromatic N) is 3. The normalized spacial score (nSPS) is 10.7. The van der Waals surface area contributed by atoms with Crippen LogP contribution >= 0.6 is 11.6 Å². The molecule has 2 aromatic rings. The first-order valence-corrected chi connectivity index (χ1v) is 8.83. The Labute approximate surface area is 152 Å². The predicted molar refractivity (Wildman–Crippen MR) is 97.6 cm³/mol. The van der Waals surface area contributed by atoms with Crippen molar-refractivity contribution < 1.29 is 9.59 Å². The lowest BCUT2D eigenvalue weighted by molar-refractivity contribution is -0.121. The number of nitrogens with one attached hydrogen (secondary N) is 2. The van der Waals surface area contributed by atoms with Gasteiger partial charge in [0.1, 0.15) is 12.2 Å². The summed E-state index contributed by atoms with van der Waals surface area (Å²) in [5, 5.41) is 6.22.